The van der Waals surface area contributed by atoms with E-state index < -0.39 is 0 Å². The second-order valence-corrected chi connectivity index (χ2v) is 10.6. The fraction of sp³-hybridized carbons (Fsp3) is 0.400. The van der Waals surface area contributed by atoms with Crippen molar-refractivity contribution in [1.29, 1.82) is 5.26 Å². The summed E-state index contributed by atoms with van der Waals surface area (Å²) < 4.78 is 15.1. The molecule has 0 unspecified atom stereocenters. The number of hydrogen-bond acceptors (Lipinski definition) is 7. The minimum atomic E-state index is -0.290. The van der Waals surface area contributed by atoms with Gasteiger partial charge in [-0.2, -0.15) is 5.26 Å². The summed E-state index contributed by atoms with van der Waals surface area (Å²) in [5.41, 5.74) is 5.49. The van der Waals surface area contributed by atoms with Crippen molar-refractivity contribution in [2.75, 3.05) is 31.2 Å². The first-order valence-electron chi connectivity index (χ1n) is 13.5. The summed E-state index contributed by atoms with van der Waals surface area (Å²) in [7, 11) is 1.72. The number of benzene rings is 2. The van der Waals surface area contributed by atoms with Crippen LogP contribution in [0.15, 0.2) is 47.4 Å². The van der Waals surface area contributed by atoms with Gasteiger partial charge in [-0.1, -0.05) is 23.4 Å². The summed E-state index contributed by atoms with van der Waals surface area (Å²) in [5.74, 6) is 1.01. The Morgan fingerprint density at radius 1 is 1.10 bits per heavy atom. The predicted octanol–water partition coefficient (Wildman–Crippen LogP) is 4.16. The Balaban J connectivity index is 1.30. The van der Waals surface area contributed by atoms with Crippen LogP contribution in [0.25, 0.3) is 16.6 Å². The summed E-state index contributed by atoms with van der Waals surface area (Å²) in [5, 5.41) is 19.8. The van der Waals surface area contributed by atoms with Gasteiger partial charge in [-0.15, -0.1) is 5.10 Å². The third-order valence-corrected chi connectivity index (χ3v) is 8.06. The fourth-order valence-electron chi connectivity index (χ4n) is 5.80. The minimum absolute atomic E-state index is 0.0128. The monoisotopic (exact) mass is 524 g/mol. The molecule has 0 aliphatic carbocycles. The van der Waals surface area contributed by atoms with Crippen molar-refractivity contribution < 1.29 is 9.47 Å². The van der Waals surface area contributed by atoms with Gasteiger partial charge in [-0.25, -0.2) is 4.68 Å². The van der Waals surface area contributed by atoms with Crippen molar-refractivity contribution in [1.82, 2.24) is 19.6 Å². The van der Waals surface area contributed by atoms with Crippen molar-refractivity contribution in [3.63, 3.8) is 0 Å². The number of piperidine rings is 1. The first kappa shape index (κ1) is 25.1. The number of aryl methyl sites for hydroxylation is 3. The molecule has 2 aromatic carbocycles. The van der Waals surface area contributed by atoms with Crippen LogP contribution >= 0.6 is 0 Å². The zero-order valence-electron chi connectivity index (χ0n) is 22.6. The van der Waals surface area contributed by atoms with Crippen molar-refractivity contribution in [2.45, 2.75) is 45.1 Å². The maximum Gasteiger partial charge on any atom is 0.270 e. The highest BCUT2D eigenvalue weighted by molar-refractivity contribution is 5.96. The van der Waals surface area contributed by atoms with Gasteiger partial charge in [-0.3, -0.25) is 4.79 Å². The van der Waals surface area contributed by atoms with Crippen molar-refractivity contribution >= 4 is 16.6 Å². The molecule has 39 heavy (non-hydrogen) atoms. The van der Waals surface area contributed by atoms with E-state index in [-0.39, 0.29) is 23.1 Å². The average molecular weight is 525 g/mol. The Morgan fingerprint density at radius 2 is 1.90 bits per heavy atom. The molecule has 4 heterocycles. The lowest BCUT2D eigenvalue weighted by atomic mass is 9.92. The number of nitrogens with zero attached hydrogens (tertiary/aromatic N) is 6. The van der Waals surface area contributed by atoms with E-state index in [1.54, 1.807) is 11.6 Å². The molecule has 0 spiro atoms. The van der Waals surface area contributed by atoms with Crippen molar-refractivity contribution in [2.24, 2.45) is 7.05 Å². The normalized spacial score (nSPS) is 18.0. The van der Waals surface area contributed by atoms with Gasteiger partial charge in [0.05, 0.1) is 42.0 Å². The van der Waals surface area contributed by atoms with Crippen LogP contribution < -0.4 is 15.2 Å². The van der Waals surface area contributed by atoms with Crippen LogP contribution in [0.4, 0.5) is 5.69 Å². The average Bonchev–Trinajstić information content (AvgIpc) is 3.65. The van der Waals surface area contributed by atoms with E-state index in [0.717, 1.165) is 77.2 Å². The second kappa shape index (κ2) is 10.2. The molecule has 0 bridgehead atoms. The predicted molar refractivity (Wildman–Crippen MR) is 149 cm³/mol. The van der Waals surface area contributed by atoms with E-state index >= 15 is 0 Å². The quantitative estimate of drug-likeness (QED) is 0.387. The zero-order valence-corrected chi connectivity index (χ0v) is 22.6. The van der Waals surface area contributed by atoms with E-state index in [4.69, 9.17) is 9.47 Å². The lowest BCUT2D eigenvalue weighted by Crippen LogP contribution is -2.36. The van der Waals surface area contributed by atoms with Gasteiger partial charge in [0, 0.05) is 43.9 Å². The molecular weight excluding hydrogens is 492 g/mol. The molecule has 9 heteroatoms. The number of pyridine rings is 1. The molecule has 200 valence electrons. The molecule has 9 nitrogen and oxygen atoms in total. The third kappa shape index (κ3) is 4.55. The van der Waals surface area contributed by atoms with Gasteiger partial charge in [0.1, 0.15) is 23.5 Å². The first-order valence-corrected chi connectivity index (χ1v) is 13.5. The number of nitriles is 1. The Labute approximate surface area is 227 Å². The summed E-state index contributed by atoms with van der Waals surface area (Å²) in [6, 6.07) is 14.3. The molecule has 0 radical (unpaired) electrons. The smallest absolute Gasteiger partial charge is 0.270 e. The molecule has 4 aromatic rings. The van der Waals surface area contributed by atoms with E-state index in [9.17, 15) is 10.1 Å². The van der Waals surface area contributed by atoms with Crippen molar-refractivity contribution in [3.8, 4) is 17.5 Å². The van der Waals surface area contributed by atoms with Crippen molar-refractivity contribution in [3.05, 3.63) is 75.3 Å². The molecule has 0 saturated carbocycles. The third-order valence-electron chi connectivity index (χ3n) is 8.06. The Hall–Kier alpha value is -4.16. The summed E-state index contributed by atoms with van der Waals surface area (Å²) >= 11 is 0. The highest BCUT2D eigenvalue weighted by Crippen LogP contribution is 2.37. The van der Waals surface area contributed by atoms with E-state index in [1.165, 1.54) is 0 Å². The van der Waals surface area contributed by atoms with Crippen LogP contribution in [0, 0.1) is 25.2 Å². The van der Waals surface area contributed by atoms with Gasteiger partial charge in [0.25, 0.3) is 5.56 Å². The Morgan fingerprint density at radius 3 is 2.62 bits per heavy atom. The second-order valence-electron chi connectivity index (χ2n) is 10.6. The molecule has 2 aliphatic heterocycles. The maximum absolute atomic E-state index is 13.3. The first-order chi connectivity index (χ1) is 18.9. The van der Waals surface area contributed by atoms with Crippen LogP contribution in [0.5, 0.6) is 5.75 Å². The number of ether oxygens (including phenoxy) is 2. The summed E-state index contributed by atoms with van der Waals surface area (Å²) in [4.78, 5) is 15.5. The molecule has 6 rings (SSSR count). The number of anilines is 1. The van der Waals surface area contributed by atoms with Crippen LogP contribution in [-0.4, -0.2) is 52.0 Å². The Kier molecular flexibility index (Phi) is 6.57. The highest BCUT2D eigenvalue weighted by Gasteiger charge is 2.28. The van der Waals surface area contributed by atoms with Gasteiger partial charge >= 0.3 is 0 Å². The topological polar surface area (TPSA) is 98.2 Å². The molecule has 2 aliphatic rings. The summed E-state index contributed by atoms with van der Waals surface area (Å²) in [6.07, 6.45) is 4.60. The van der Waals surface area contributed by atoms with Gasteiger partial charge in [0.15, 0.2) is 0 Å². The lowest BCUT2D eigenvalue weighted by Gasteiger charge is -2.34. The van der Waals surface area contributed by atoms with Crippen LogP contribution in [0.1, 0.15) is 47.6 Å². The maximum atomic E-state index is 13.3. The molecule has 0 amide bonds. The number of fused-ring (bicyclic) bond motifs is 1. The Bertz CT molecular complexity index is 1640. The van der Waals surface area contributed by atoms with E-state index in [2.05, 4.69) is 40.3 Å². The van der Waals surface area contributed by atoms with E-state index in [0.29, 0.717) is 13.2 Å². The SMILES string of the molecule is Cc1cc2c(N3CCC(c4cn(-c5ccccc5C)nn4)CC3)c(C#N)c(=O)n(C)c2cc1O[C@@H]1CCOC1. The number of hydrogen-bond donors (Lipinski definition) is 0. The highest BCUT2D eigenvalue weighted by atomic mass is 16.5. The van der Waals surface area contributed by atoms with Crippen LogP contribution in [0.3, 0.4) is 0 Å². The van der Waals surface area contributed by atoms with Crippen LogP contribution in [-0.2, 0) is 11.8 Å². The molecule has 2 fully saturated rings. The lowest BCUT2D eigenvalue weighted by molar-refractivity contribution is 0.141. The molecular formula is C30H32N6O3. The number of aromatic nitrogens is 4. The molecule has 2 saturated heterocycles. The summed E-state index contributed by atoms with van der Waals surface area (Å²) in [6.45, 7) is 6.78. The fourth-order valence-corrected chi connectivity index (χ4v) is 5.80. The largest absolute Gasteiger partial charge is 0.488 e. The van der Waals surface area contributed by atoms with Gasteiger partial charge < -0.3 is 18.9 Å². The molecule has 0 N–H and O–H groups in total. The standard InChI is InChI=1S/C30H32N6O3/c1-19-6-4-5-7-26(19)36-17-25(32-33-36)21-8-11-35(12-9-21)29-23-14-20(2)28(39-22-10-13-38-18-22)15-27(23)34(3)30(37)24(29)16-31/h4-7,14-15,17,21-22H,8-13,18H2,1-3H3/t22-/m1/s1. The van der Waals surface area contributed by atoms with Gasteiger partial charge in [0.2, 0.25) is 0 Å². The molecule has 2 aromatic heterocycles. The zero-order chi connectivity index (χ0) is 27.1. The minimum Gasteiger partial charge on any atom is -0.488 e. The molecule has 1 atom stereocenters. The number of para-hydroxylation sites is 1. The number of rotatable bonds is 5. The van der Waals surface area contributed by atoms with Crippen LogP contribution in [0.2, 0.25) is 0 Å². The van der Waals surface area contributed by atoms with Gasteiger partial charge in [-0.05, 0) is 49.9 Å². The van der Waals surface area contributed by atoms with E-state index in [1.807, 2.05) is 42.1 Å².